The molecule has 2 aliphatic rings. The third-order valence-electron chi connectivity index (χ3n) is 7.30. The smallest absolute Gasteiger partial charge is 0.300 e. The number of hydrogen-bond acceptors (Lipinski definition) is 6. The fraction of sp³-hybridized carbons (Fsp3) is 0.290. The van der Waals surface area contributed by atoms with Gasteiger partial charge < -0.3 is 19.5 Å². The number of hydrogen-bond donors (Lipinski definition) is 1. The summed E-state index contributed by atoms with van der Waals surface area (Å²) in [5.74, 6) is -0.431. The summed E-state index contributed by atoms with van der Waals surface area (Å²) in [7, 11) is 1.52. The van der Waals surface area contributed by atoms with Crippen molar-refractivity contribution < 1.29 is 24.2 Å². The van der Waals surface area contributed by atoms with E-state index in [0.29, 0.717) is 29.0 Å². The second kappa shape index (κ2) is 10.2. The van der Waals surface area contributed by atoms with Crippen LogP contribution < -0.4 is 19.3 Å². The van der Waals surface area contributed by atoms with Crippen molar-refractivity contribution in [3.05, 3.63) is 89.0 Å². The van der Waals surface area contributed by atoms with Gasteiger partial charge in [0.05, 0.1) is 24.4 Å². The Bertz CT molecular complexity index is 1410. The minimum absolute atomic E-state index is 0.0443. The molecule has 38 heavy (non-hydrogen) atoms. The van der Waals surface area contributed by atoms with Crippen molar-refractivity contribution in [1.82, 2.24) is 0 Å². The number of ether oxygens (including phenoxy) is 2. The lowest BCUT2D eigenvalue weighted by Gasteiger charge is -2.27. The van der Waals surface area contributed by atoms with Crippen LogP contribution in [0.15, 0.2) is 72.3 Å². The molecule has 1 saturated heterocycles. The van der Waals surface area contributed by atoms with Gasteiger partial charge in [0.1, 0.15) is 23.4 Å². The number of methoxy groups -OCH3 is 1. The van der Waals surface area contributed by atoms with E-state index >= 15 is 0 Å². The molecule has 2 unspecified atom stereocenters. The predicted molar refractivity (Wildman–Crippen MR) is 148 cm³/mol. The maximum absolute atomic E-state index is 13.6. The van der Waals surface area contributed by atoms with Crippen LogP contribution in [-0.2, 0) is 16.0 Å². The Balaban J connectivity index is 1.68. The number of para-hydroxylation sites is 2. The highest BCUT2D eigenvalue weighted by Gasteiger charge is 2.47. The number of rotatable bonds is 7. The Hall–Kier alpha value is -4.26. The van der Waals surface area contributed by atoms with Gasteiger partial charge in [-0.25, -0.2) is 0 Å². The summed E-state index contributed by atoms with van der Waals surface area (Å²) < 4.78 is 11.3. The number of carbonyl (C=O) groups excluding carboxylic acids is 2. The Kier molecular flexibility index (Phi) is 6.85. The van der Waals surface area contributed by atoms with Gasteiger partial charge in [0.25, 0.3) is 11.7 Å². The number of amides is 1. The first-order valence-electron chi connectivity index (χ1n) is 13.0. The summed E-state index contributed by atoms with van der Waals surface area (Å²) in [5.41, 5.74) is 3.70. The highest BCUT2D eigenvalue weighted by molar-refractivity contribution is 6.52. The van der Waals surface area contributed by atoms with Gasteiger partial charge in [0.15, 0.2) is 0 Å². The zero-order chi connectivity index (χ0) is 27.0. The fourth-order valence-electron chi connectivity index (χ4n) is 5.41. The van der Waals surface area contributed by atoms with Crippen molar-refractivity contribution >= 4 is 28.8 Å². The molecule has 0 bridgehead atoms. The highest BCUT2D eigenvalue weighted by Crippen LogP contribution is 2.45. The van der Waals surface area contributed by atoms with E-state index in [-0.39, 0.29) is 17.4 Å². The monoisotopic (exact) mass is 512 g/mol. The maximum atomic E-state index is 13.6. The van der Waals surface area contributed by atoms with E-state index in [9.17, 15) is 14.7 Å². The standard InChI is InChI=1S/C31H32N2O5/c1-5-32(6-2)23-14-11-20(12-15-23)28-27(29(34)21-13-16-25-22(18-21)17-19(3)38-25)30(35)31(36)33(28)24-9-7-8-10-26(24)37-4/h7-16,18-19,28,34H,5-6,17H2,1-4H3/b29-27-. The SMILES string of the molecule is CCN(CC)c1ccc(C2/C(=C(/O)c3ccc4c(c3)CC(C)O4)C(=O)C(=O)N2c2ccccc2OC)cc1. The van der Waals surface area contributed by atoms with Gasteiger partial charge in [-0.05, 0) is 74.4 Å². The number of aliphatic hydroxyl groups excluding tert-OH is 1. The van der Waals surface area contributed by atoms with Gasteiger partial charge in [-0.2, -0.15) is 0 Å². The van der Waals surface area contributed by atoms with Crippen molar-refractivity contribution in [3.63, 3.8) is 0 Å². The first-order chi connectivity index (χ1) is 18.4. The summed E-state index contributed by atoms with van der Waals surface area (Å²) in [5, 5.41) is 11.5. The molecular formula is C31H32N2O5. The van der Waals surface area contributed by atoms with Crippen molar-refractivity contribution in [1.29, 1.82) is 0 Å². The first kappa shape index (κ1) is 25.4. The van der Waals surface area contributed by atoms with Crippen LogP contribution in [0.1, 0.15) is 43.5 Å². The molecule has 0 radical (unpaired) electrons. The third kappa shape index (κ3) is 4.28. The molecule has 3 aromatic carbocycles. The quantitative estimate of drug-likeness (QED) is 0.256. The van der Waals surface area contributed by atoms with Crippen LogP contribution >= 0.6 is 0 Å². The molecule has 0 aromatic heterocycles. The van der Waals surface area contributed by atoms with E-state index in [1.54, 1.807) is 36.4 Å². The molecule has 1 N–H and O–H groups in total. The topological polar surface area (TPSA) is 79.3 Å². The lowest BCUT2D eigenvalue weighted by molar-refractivity contribution is -0.132. The van der Waals surface area contributed by atoms with Gasteiger partial charge >= 0.3 is 0 Å². The van der Waals surface area contributed by atoms with Gasteiger partial charge in [-0.1, -0.05) is 24.3 Å². The number of Topliss-reactive ketones (excluding diaryl/α,β-unsaturated/α-hetero) is 1. The summed E-state index contributed by atoms with van der Waals surface area (Å²) >= 11 is 0. The lowest BCUT2D eigenvalue weighted by atomic mass is 9.94. The molecule has 2 atom stereocenters. The van der Waals surface area contributed by atoms with E-state index in [2.05, 4.69) is 18.7 Å². The summed E-state index contributed by atoms with van der Waals surface area (Å²) in [6.45, 7) is 7.89. The van der Waals surface area contributed by atoms with Crippen LogP contribution in [0.3, 0.4) is 0 Å². The number of carbonyl (C=O) groups is 2. The summed E-state index contributed by atoms with van der Waals surface area (Å²) in [4.78, 5) is 30.8. The third-order valence-corrected chi connectivity index (χ3v) is 7.30. The summed E-state index contributed by atoms with van der Waals surface area (Å²) in [6, 6.07) is 19.4. The molecule has 1 fully saturated rings. The fourth-order valence-corrected chi connectivity index (χ4v) is 5.41. The van der Waals surface area contributed by atoms with Crippen molar-refractivity contribution in [2.75, 3.05) is 30.0 Å². The number of nitrogens with zero attached hydrogens (tertiary/aromatic N) is 2. The minimum Gasteiger partial charge on any atom is -0.507 e. The average molecular weight is 513 g/mol. The maximum Gasteiger partial charge on any atom is 0.300 e. The van der Waals surface area contributed by atoms with Crippen molar-refractivity contribution in [2.24, 2.45) is 0 Å². The zero-order valence-electron chi connectivity index (χ0n) is 22.1. The van der Waals surface area contributed by atoms with Crippen LogP contribution in [-0.4, -0.2) is 43.1 Å². The minimum atomic E-state index is -0.833. The molecular weight excluding hydrogens is 480 g/mol. The molecule has 7 heteroatoms. The Morgan fingerprint density at radius 2 is 1.76 bits per heavy atom. The number of aliphatic hydroxyl groups is 1. The van der Waals surface area contributed by atoms with Crippen LogP contribution in [0.25, 0.3) is 5.76 Å². The number of anilines is 2. The predicted octanol–water partition coefficient (Wildman–Crippen LogP) is 5.49. The van der Waals surface area contributed by atoms with E-state index in [4.69, 9.17) is 9.47 Å². The van der Waals surface area contributed by atoms with Crippen LogP contribution in [0.4, 0.5) is 11.4 Å². The van der Waals surface area contributed by atoms with E-state index in [0.717, 1.165) is 30.1 Å². The van der Waals surface area contributed by atoms with E-state index < -0.39 is 17.7 Å². The number of ketones is 1. The van der Waals surface area contributed by atoms with E-state index in [1.807, 2.05) is 37.3 Å². The first-order valence-corrected chi connectivity index (χ1v) is 13.0. The molecule has 7 nitrogen and oxygen atoms in total. The molecule has 0 saturated carbocycles. The number of benzene rings is 3. The second-order valence-electron chi connectivity index (χ2n) is 9.56. The molecule has 1 amide bonds. The molecule has 0 spiro atoms. The molecule has 2 aliphatic heterocycles. The van der Waals surface area contributed by atoms with Gasteiger partial charge in [-0.15, -0.1) is 0 Å². The van der Waals surface area contributed by atoms with E-state index in [1.165, 1.54) is 12.0 Å². The molecule has 196 valence electrons. The molecule has 0 aliphatic carbocycles. The largest absolute Gasteiger partial charge is 0.507 e. The highest BCUT2D eigenvalue weighted by atomic mass is 16.5. The Morgan fingerprint density at radius 3 is 2.45 bits per heavy atom. The average Bonchev–Trinajstić information content (AvgIpc) is 3.44. The molecule has 5 rings (SSSR count). The molecule has 2 heterocycles. The van der Waals surface area contributed by atoms with Gasteiger partial charge in [0.2, 0.25) is 0 Å². The van der Waals surface area contributed by atoms with Crippen molar-refractivity contribution in [3.8, 4) is 11.5 Å². The van der Waals surface area contributed by atoms with Gasteiger partial charge in [-0.3, -0.25) is 14.5 Å². The lowest BCUT2D eigenvalue weighted by Crippen LogP contribution is -2.30. The molecule has 3 aromatic rings. The van der Waals surface area contributed by atoms with Gasteiger partial charge in [0, 0.05) is 30.8 Å². The van der Waals surface area contributed by atoms with Crippen molar-refractivity contribution in [2.45, 2.75) is 39.3 Å². The Morgan fingerprint density at radius 1 is 1.05 bits per heavy atom. The van der Waals surface area contributed by atoms with Crippen LogP contribution in [0, 0.1) is 0 Å². The Labute approximate surface area is 222 Å². The summed E-state index contributed by atoms with van der Waals surface area (Å²) in [6.07, 6.45) is 0.755. The number of fused-ring (bicyclic) bond motifs is 1. The second-order valence-corrected chi connectivity index (χ2v) is 9.56. The van der Waals surface area contributed by atoms with Crippen LogP contribution in [0.5, 0.6) is 11.5 Å². The van der Waals surface area contributed by atoms with Crippen LogP contribution in [0.2, 0.25) is 0 Å². The zero-order valence-corrected chi connectivity index (χ0v) is 22.1. The normalized spacial score (nSPS) is 19.8.